The van der Waals surface area contributed by atoms with Crippen molar-refractivity contribution in [2.45, 2.75) is 4.90 Å². The maximum absolute atomic E-state index is 13.3. The lowest BCUT2D eigenvalue weighted by atomic mass is 10.1. The minimum atomic E-state index is -0.484. The number of hydrogen-bond donors (Lipinski definition) is 3. The van der Waals surface area contributed by atoms with Crippen LogP contribution in [0.5, 0.6) is 0 Å². The molecular weight excluding hydrogens is 598 g/mol. The molecule has 0 spiro atoms. The van der Waals surface area contributed by atoms with Crippen molar-refractivity contribution in [2.24, 2.45) is 0 Å². The summed E-state index contributed by atoms with van der Waals surface area (Å²) in [5.74, 6) is -0.870. The van der Waals surface area contributed by atoms with Gasteiger partial charge in [-0.05, 0) is 78.4 Å². The van der Waals surface area contributed by atoms with E-state index < -0.39 is 11.8 Å². The number of carbonyl (C=O) groups is 3. The summed E-state index contributed by atoms with van der Waals surface area (Å²) in [6.45, 7) is 0. The zero-order valence-corrected chi connectivity index (χ0v) is 23.6. The summed E-state index contributed by atoms with van der Waals surface area (Å²) in [6.07, 6.45) is 1.61. The van der Waals surface area contributed by atoms with E-state index >= 15 is 0 Å². The van der Waals surface area contributed by atoms with Gasteiger partial charge in [0.1, 0.15) is 5.70 Å². The molecule has 0 bridgehead atoms. The van der Waals surface area contributed by atoms with Crippen molar-refractivity contribution in [3.8, 4) is 0 Å². The Kier molecular flexibility index (Phi) is 9.97. The molecule has 0 aliphatic rings. The maximum Gasteiger partial charge on any atom is 0.272 e. The number of nitrogens with one attached hydrogen (secondary N) is 3. The van der Waals surface area contributed by atoms with Crippen LogP contribution in [0.4, 0.5) is 11.4 Å². The summed E-state index contributed by atoms with van der Waals surface area (Å²) >= 11 is 10.7. The van der Waals surface area contributed by atoms with Crippen LogP contribution in [0, 0.1) is 0 Å². The summed E-state index contributed by atoms with van der Waals surface area (Å²) in [5.41, 5.74) is 2.44. The number of rotatable bonds is 9. The molecule has 4 rings (SSSR count). The van der Waals surface area contributed by atoms with E-state index in [1.165, 1.54) is 11.8 Å². The predicted molar refractivity (Wildman–Crippen MR) is 162 cm³/mol. The summed E-state index contributed by atoms with van der Waals surface area (Å²) in [5, 5.41) is 8.99. The second kappa shape index (κ2) is 13.8. The Morgan fingerprint density at radius 3 is 2.28 bits per heavy atom. The van der Waals surface area contributed by atoms with Crippen LogP contribution in [-0.2, 0) is 9.59 Å². The number of anilines is 2. The first kappa shape index (κ1) is 28.2. The number of hydrogen-bond acceptors (Lipinski definition) is 4. The highest BCUT2D eigenvalue weighted by Crippen LogP contribution is 2.23. The Morgan fingerprint density at radius 2 is 1.54 bits per heavy atom. The van der Waals surface area contributed by atoms with Crippen LogP contribution in [-0.4, -0.2) is 23.5 Å². The standard InChI is InChI=1S/C30H23BrClN3O3S/c31-22-9-4-6-20(16-22)17-27(35-29(37)21-7-2-1-3-8-21)30(38)34-25-10-5-11-26(18-25)39-19-28(36)33-24-14-12-23(32)13-15-24/h1-18H,19H2,(H,33,36)(H,34,38)(H,35,37)/b27-17+. The van der Waals surface area contributed by atoms with Crippen molar-refractivity contribution in [1.29, 1.82) is 0 Å². The van der Waals surface area contributed by atoms with E-state index in [1.54, 1.807) is 72.8 Å². The maximum atomic E-state index is 13.3. The van der Waals surface area contributed by atoms with Crippen molar-refractivity contribution in [1.82, 2.24) is 5.32 Å². The summed E-state index contributed by atoms with van der Waals surface area (Å²) in [4.78, 5) is 39.3. The van der Waals surface area contributed by atoms with Crippen LogP contribution < -0.4 is 16.0 Å². The normalized spacial score (nSPS) is 11.0. The fourth-order valence-electron chi connectivity index (χ4n) is 3.45. The van der Waals surface area contributed by atoms with Gasteiger partial charge in [0.2, 0.25) is 5.91 Å². The van der Waals surface area contributed by atoms with E-state index in [2.05, 4.69) is 31.9 Å². The molecule has 0 aliphatic carbocycles. The molecule has 39 heavy (non-hydrogen) atoms. The van der Waals surface area contributed by atoms with Gasteiger partial charge in [-0.2, -0.15) is 0 Å². The van der Waals surface area contributed by atoms with Gasteiger partial charge in [0.15, 0.2) is 0 Å². The first-order valence-electron chi connectivity index (χ1n) is 11.8. The molecule has 6 nitrogen and oxygen atoms in total. The van der Waals surface area contributed by atoms with Crippen molar-refractivity contribution in [3.63, 3.8) is 0 Å². The van der Waals surface area contributed by atoms with Gasteiger partial charge >= 0.3 is 0 Å². The average Bonchev–Trinajstić information content (AvgIpc) is 2.93. The van der Waals surface area contributed by atoms with Crippen LogP contribution in [0.2, 0.25) is 5.02 Å². The quantitative estimate of drug-likeness (QED) is 0.136. The van der Waals surface area contributed by atoms with E-state index in [4.69, 9.17) is 11.6 Å². The zero-order chi connectivity index (χ0) is 27.6. The molecule has 0 unspecified atom stereocenters. The smallest absolute Gasteiger partial charge is 0.272 e. The molecule has 196 valence electrons. The van der Waals surface area contributed by atoms with Crippen LogP contribution in [0.25, 0.3) is 6.08 Å². The molecule has 0 saturated heterocycles. The van der Waals surface area contributed by atoms with Gasteiger partial charge < -0.3 is 16.0 Å². The first-order valence-corrected chi connectivity index (χ1v) is 13.9. The lowest BCUT2D eigenvalue weighted by Gasteiger charge is -2.12. The monoisotopic (exact) mass is 619 g/mol. The Balaban J connectivity index is 1.45. The number of amides is 3. The summed E-state index contributed by atoms with van der Waals surface area (Å²) in [7, 11) is 0. The zero-order valence-electron chi connectivity index (χ0n) is 20.5. The lowest BCUT2D eigenvalue weighted by Crippen LogP contribution is -2.30. The molecule has 4 aromatic rings. The van der Waals surface area contributed by atoms with Gasteiger partial charge in [0, 0.05) is 31.3 Å². The van der Waals surface area contributed by atoms with Crippen LogP contribution in [0.1, 0.15) is 15.9 Å². The molecule has 9 heteroatoms. The second-order valence-corrected chi connectivity index (χ2v) is 10.7. The van der Waals surface area contributed by atoms with Crippen LogP contribution >= 0.6 is 39.3 Å². The van der Waals surface area contributed by atoms with Gasteiger partial charge in [-0.3, -0.25) is 14.4 Å². The van der Waals surface area contributed by atoms with Crippen molar-refractivity contribution in [3.05, 3.63) is 129 Å². The molecule has 0 radical (unpaired) electrons. The van der Waals surface area contributed by atoms with Gasteiger partial charge in [0.05, 0.1) is 5.75 Å². The fourth-order valence-corrected chi connectivity index (χ4v) is 4.74. The number of halogens is 2. The predicted octanol–water partition coefficient (Wildman–Crippen LogP) is 7.24. The molecule has 0 aliphatic heterocycles. The topological polar surface area (TPSA) is 87.3 Å². The van der Waals surface area contributed by atoms with E-state index in [-0.39, 0.29) is 17.4 Å². The second-order valence-electron chi connectivity index (χ2n) is 8.26. The third-order valence-electron chi connectivity index (χ3n) is 5.28. The van der Waals surface area contributed by atoms with Crippen molar-refractivity contribution >= 4 is 74.5 Å². The molecular formula is C30H23BrClN3O3S. The molecule has 0 atom stereocenters. The SMILES string of the molecule is O=C(CSc1cccc(NC(=O)/C(=C\c2cccc(Br)c2)NC(=O)c2ccccc2)c1)Nc1ccc(Cl)cc1. The minimum absolute atomic E-state index is 0.0855. The van der Waals surface area contributed by atoms with Crippen molar-refractivity contribution in [2.75, 3.05) is 16.4 Å². The summed E-state index contributed by atoms with van der Waals surface area (Å²) < 4.78 is 0.843. The van der Waals surface area contributed by atoms with Gasteiger partial charge in [-0.15, -0.1) is 11.8 Å². The molecule has 3 amide bonds. The van der Waals surface area contributed by atoms with Crippen molar-refractivity contribution < 1.29 is 14.4 Å². The number of carbonyl (C=O) groups excluding carboxylic acids is 3. The third-order valence-corrected chi connectivity index (χ3v) is 7.02. The highest BCUT2D eigenvalue weighted by Gasteiger charge is 2.15. The molecule has 0 heterocycles. The molecule has 3 N–H and O–H groups in total. The Hall–Kier alpha value is -3.85. The number of benzene rings is 4. The summed E-state index contributed by atoms with van der Waals surface area (Å²) in [6, 6.07) is 30.1. The van der Waals surface area contributed by atoms with E-state index in [9.17, 15) is 14.4 Å². The Bertz CT molecular complexity index is 1510. The van der Waals surface area contributed by atoms with Crippen LogP contribution in [0.15, 0.2) is 118 Å². The molecule has 0 aromatic heterocycles. The first-order chi connectivity index (χ1) is 18.9. The fraction of sp³-hybridized carbons (Fsp3) is 0.0333. The highest BCUT2D eigenvalue weighted by atomic mass is 79.9. The number of thioether (sulfide) groups is 1. The highest BCUT2D eigenvalue weighted by molar-refractivity contribution is 9.10. The minimum Gasteiger partial charge on any atom is -0.325 e. The van der Waals surface area contributed by atoms with Gasteiger partial charge in [-0.25, -0.2) is 0 Å². The Labute approximate surface area is 244 Å². The molecule has 4 aromatic carbocycles. The third kappa shape index (κ3) is 8.85. The average molecular weight is 621 g/mol. The van der Waals surface area contributed by atoms with E-state index in [1.807, 2.05) is 36.4 Å². The van der Waals surface area contributed by atoms with E-state index in [0.29, 0.717) is 22.0 Å². The van der Waals surface area contributed by atoms with E-state index in [0.717, 1.165) is 14.9 Å². The van der Waals surface area contributed by atoms with Gasteiger partial charge in [-0.1, -0.05) is 63.9 Å². The lowest BCUT2D eigenvalue weighted by molar-refractivity contribution is -0.114. The molecule has 0 saturated carbocycles. The largest absolute Gasteiger partial charge is 0.325 e. The molecule has 0 fully saturated rings. The van der Waals surface area contributed by atoms with Gasteiger partial charge in [0.25, 0.3) is 11.8 Å². The van der Waals surface area contributed by atoms with Crippen LogP contribution in [0.3, 0.4) is 0 Å². The Morgan fingerprint density at radius 1 is 0.795 bits per heavy atom.